The van der Waals surface area contributed by atoms with Crippen LogP contribution in [0, 0.1) is 0 Å². The normalized spacial score (nSPS) is 11.9. The summed E-state index contributed by atoms with van der Waals surface area (Å²) >= 11 is 3.53. The summed E-state index contributed by atoms with van der Waals surface area (Å²) in [5.74, 6) is 2.58. The van der Waals surface area contributed by atoms with E-state index in [1.807, 2.05) is 54.6 Å². The summed E-state index contributed by atoms with van der Waals surface area (Å²) in [7, 11) is 0. The molecule has 0 saturated carbocycles. The maximum absolute atomic E-state index is 6.40. The van der Waals surface area contributed by atoms with Gasteiger partial charge in [-0.15, -0.1) is 22.7 Å². The molecule has 8 heteroatoms. The lowest BCUT2D eigenvalue weighted by atomic mass is 10.0. The molecule has 6 nitrogen and oxygen atoms in total. The first-order chi connectivity index (χ1) is 28.2. The molecule has 0 saturated heterocycles. The van der Waals surface area contributed by atoms with Crippen molar-refractivity contribution in [1.82, 2.24) is 24.9 Å². The third-order valence-corrected chi connectivity index (χ3v) is 12.9. The second kappa shape index (κ2) is 12.7. The summed E-state index contributed by atoms with van der Waals surface area (Å²) in [6, 6.07) is 56.3. The van der Waals surface area contributed by atoms with Crippen LogP contribution in [0.4, 0.5) is 0 Å². The van der Waals surface area contributed by atoms with Gasteiger partial charge in [0.2, 0.25) is 0 Å². The van der Waals surface area contributed by atoms with Gasteiger partial charge in [0, 0.05) is 73.5 Å². The van der Waals surface area contributed by atoms with Crippen molar-refractivity contribution in [2.24, 2.45) is 0 Å². The summed E-state index contributed by atoms with van der Waals surface area (Å²) < 4.78 is 11.1. The van der Waals surface area contributed by atoms with E-state index in [1.54, 1.807) is 22.7 Å². The Hall–Kier alpha value is -7.13. The van der Waals surface area contributed by atoms with Gasteiger partial charge in [-0.3, -0.25) is 0 Å². The first-order valence-electron chi connectivity index (χ1n) is 18.7. The van der Waals surface area contributed by atoms with E-state index in [0.717, 1.165) is 70.2 Å². The highest BCUT2D eigenvalue weighted by molar-refractivity contribution is 7.26. The van der Waals surface area contributed by atoms with Crippen LogP contribution < -0.4 is 0 Å². The Morgan fingerprint density at radius 1 is 0.386 bits per heavy atom. The Kier molecular flexibility index (Phi) is 7.17. The Morgan fingerprint density at radius 3 is 1.89 bits per heavy atom. The molecule has 0 unspecified atom stereocenters. The molecule has 0 amide bonds. The molecule has 0 bridgehead atoms. The van der Waals surface area contributed by atoms with Crippen molar-refractivity contribution in [2.45, 2.75) is 0 Å². The Balaban J connectivity index is 1.04. The third kappa shape index (κ3) is 5.19. The van der Waals surface area contributed by atoms with Gasteiger partial charge in [0.05, 0.1) is 0 Å². The second-order valence-electron chi connectivity index (χ2n) is 14.0. The average Bonchev–Trinajstić information content (AvgIpc) is 3.97. The van der Waals surface area contributed by atoms with E-state index in [-0.39, 0.29) is 0 Å². The quantitative estimate of drug-likeness (QED) is 0.174. The van der Waals surface area contributed by atoms with Gasteiger partial charge in [0.1, 0.15) is 16.8 Å². The topological polar surface area (TPSA) is 77.6 Å². The van der Waals surface area contributed by atoms with Crippen LogP contribution in [0.2, 0.25) is 0 Å². The predicted molar refractivity (Wildman–Crippen MR) is 236 cm³/mol. The van der Waals surface area contributed by atoms with Gasteiger partial charge in [-0.1, -0.05) is 127 Å². The Morgan fingerprint density at radius 2 is 1.04 bits per heavy atom. The molecule has 12 aromatic rings. The standard InChI is InChI=1S/C49H27N5OS2/c1-3-13-28(14-4-1)42-44-43(33-18-7-9-22-37(33)55-44)51-48(50-42)35-20-12-24-39-41(35)34-26-25-30(27-40(34)56-39)47-52-46(29-15-5-2-6-16-29)53-49(54-47)36-21-11-19-32-31-17-8-10-23-38(31)57-45(32)36/h1-27H. The van der Waals surface area contributed by atoms with Gasteiger partial charge in [-0.2, -0.15) is 0 Å². The van der Waals surface area contributed by atoms with E-state index >= 15 is 0 Å². The second-order valence-corrected chi connectivity index (χ2v) is 16.1. The maximum atomic E-state index is 6.40. The average molecular weight is 766 g/mol. The zero-order chi connectivity index (χ0) is 37.5. The van der Waals surface area contributed by atoms with Crippen molar-refractivity contribution >= 4 is 85.1 Å². The van der Waals surface area contributed by atoms with Gasteiger partial charge >= 0.3 is 0 Å². The molecule has 266 valence electrons. The van der Waals surface area contributed by atoms with Crippen molar-refractivity contribution in [3.63, 3.8) is 0 Å². The minimum Gasteiger partial charge on any atom is -0.452 e. The van der Waals surface area contributed by atoms with Gasteiger partial charge in [-0.25, -0.2) is 24.9 Å². The van der Waals surface area contributed by atoms with Crippen molar-refractivity contribution in [3.8, 4) is 56.8 Å². The molecule has 0 fully saturated rings. The summed E-state index contributed by atoms with van der Waals surface area (Å²) in [5.41, 5.74) is 7.88. The largest absolute Gasteiger partial charge is 0.452 e. The first kappa shape index (κ1) is 32.1. The summed E-state index contributed by atoms with van der Waals surface area (Å²) in [6.45, 7) is 0. The van der Waals surface area contributed by atoms with E-state index in [2.05, 4.69) is 109 Å². The van der Waals surface area contributed by atoms with E-state index in [4.69, 9.17) is 29.3 Å². The molecule has 0 aliphatic carbocycles. The molecule has 5 aromatic heterocycles. The molecule has 0 spiro atoms. The van der Waals surface area contributed by atoms with Crippen molar-refractivity contribution in [2.75, 3.05) is 0 Å². The number of hydrogen-bond acceptors (Lipinski definition) is 8. The summed E-state index contributed by atoms with van der Waals surface area (Å²) in [6.07, 6.45) is 0. The zero-order valence-corrected chi connectivity index (χ0v) is 31.7. The number of fused-ring (bicyclic) bond motifs is 9. The third-order valence-electron chi connectivity index (χ3n) is 10.6. The minimum atomic E-state index is 0.629. The lowest BCUT2D eigenvalue weighted by Gasteiger charge is -2.09. The number of para-hydroxylation sites is 1. The number of nitrogens with zero attached hydrogens (tertiary/aromatic N) is 5. The predicted octanol–water partition coefficient (Wildman–Crippen LogP) is 13.6. The van der Waals surface area contributed by atoms with Gasteiger partial charge in [0.15, 0.2) is 28.9 Å². The number of hydrogen-bond donors (Lipinski definition) is 0. The van der Waals surface area contributed by atoms with E-state index in [1.165, 1.54) is 20.2 Å². The fourth-order valence-electron chi connectivity index (χ4n) is 7.92. The van der Waals surface area contributed by atoms with E-state index < -0.39 is 0 Å². The van der Waals surface area contributed by atoms with Crippen molar-refractivity contribution < 1.29 is 4.42 Å². The van der Waals surface area contributed by atoms with Crippen molar-refractivity contribution in [1.29, 1.82) is 0 Å². The van der Waals surface area contributed by atoms with Crippen LogP contribution in [0.5, 0.6) is 0 Å². The lowest BCUT2D eigenvalue weighted by molar-refractivity contribution is 0.667. The number of thiophene rings is 2. The highest BCUT2D eigenvalue weighted by atomic mass is 32.1. The molecule has 0 aliphatic heterocycles. The molecular formula is C49H27N5OS2. The molecular weight excluding hydrogens is 739 g/mol. The highest BCUT2D eigenvalue weighted by Crippen LogP contribution is 2.43. The van der Waals surface area contributed by atoms with Crippen LogP contribution >= 0.6 is 22.7 Å². The van der Waals surface area contributed by atoms with E-state index in [9.17, 15) is 0 Å². The molecule has 57 heavy (non-hydrogen) atoms. The number of furan rings is 1. The molecule has 7 aromatic carbocycles. The molecule has 0 radical (unpaired) electrons. The van der Waals surface area contributed by atoms with Crippen molar-refractivity contribution in [3.05, 3.63) is 164 Å². The van der Waals surface area contributed by atoms with Gasteiger partial charge < -0.3 is 4.42 Å². The monoisotopic (exact) mass is 765 g/mol. The molecule has 12 rings (SSSR count). The van der Waals surface area contributed by atoms with Crippen LogP contribution in [0.15, 0.2) is 168 Å². The van der Waals surface area contributed by atoms with Gasteiger partial charge in [-0.05, 0) is 36.4 Å². The first-order valence-corrected chi connectivity index (χ1v) is 20.3. The van der Waals surface area contributed by atoms with Crippen LogP contribution in [0.1, 0.15) is 0 Å². The minimum absolute atomic E-state index is 0.629. The summed E-state index contributed by atoms with van der Waals surface area (Å²) in [4.78, 5) is 25.8. The maximum Gasteiger partial charge on any atom is 0.180 e. The highest BCUT2D eigenvalue weighted by Gasteiger charge is 2.22. The number of aromatic nitrogens is 5. The van der Waals surface area contributed by atoms with Crippen LogP contribution in [0.25, 0.3) is 119 Å². The number of benzene rings is 7. The van der Waals surface area contributed by atoms with Gasteiger partial charge in [0.25, 0.3) is 0 Å². The van der Waals surface area contributed by atoms with E-state index in [0.29, 0.717) is 28.9 Å². The molecule has 0 atom stereocenters. The SMILES string of the molecule is c1ccc(-c2nc(-c3ccc4c(c3)sc3cccc(-c5nc(-c6ccccc6)c6oc7ccccc7c6n5)c34)nc(-c3cccc4c3sc3ccccc34)n2)cc1. The molecule has 5 heterocycles. The molecule has 0 aliphatic rings. The Labute approximate surface area is 333 Å². The van der Waals surface area contributed by atoms with Crippen LogP contribution in [-0.2, 0) is 0 Å². The smallest absolute Gasteiger partial charge is 0.180 e. The fourth-order valence-corrected chi connectivity index (χ4v) is 10.3. The number of rotatable bonds is 5. The van der Waals surface area contributed by atoms with Crippen LogP contribution in [0.3, 0.4) is 0 Å². The Bertz CT molecular complexity index is 3540. The zero-order valence-electron chi connectivity index (χ0n) is 30.0. The fraction of sp³-hybridized carbons (Fsp3) is 0. The molecule has 0 N–H and O–H groups in total. The van der Waals surface area contributed by atoms with Crippen LogP contribution in [-0.4, -0.2) is 24.9 Å². The summed E-state index contributed by atoms with van der Waals surface area (Å²) in [5, 5.41) is 5.66. The lowest BCUT2D eigenvalue weighted by Crippen LogP contribution is -2.00.